The first kappa shape index (κ1) is 14.0. The summed E-state index contributed by atoms with van der Waals surface area (Å²) in [6, 6.07) is 5.98. The van der Waals surface area contributed by atoms with Crippen LogP contribution in [0.3, 0.4) is 0 Å². The van der Waals surface area contributed by atoms with E-state index in [4.69, 9.17) is 0 Å². The summed E-state index contributed by atoms with van der Waals surface area (Å²) in [5, 5.41) is 0. The lowest BCUT2D eigenvalue weighted by atomic mass is 10.3. The third kappa shape index (κ3) is 3.05. The Morgan fingerprint density at radius 3 is 2.57 bits per heavy atom. The van der Waals surface area contributed by atoms with Crippen molar-refractivity contribution in [3.63, 3.8) is 0 Å². The molecular weight excluding hydrogens is 289 g/mol. The number of aryl methyl sites for hydroxylation is 1. The highest BCUT2D eigenvalue weighted by Gasteiger charge is 2.17. The Bertz CT molecular complexity index is 711. The number of hydrogen-bond acceptors (Lipinski definition) is 2. The van der Waals surface area contributed by atoms with Gasteiger partial charge in [0, 0.05) is 29.9 Å². The molecule has 1 aromatic heterocycles. The number of likely N-dealkylation sites (tertiary alicyclic amines) is 1. The van der Waals surface area contributed by atoms with Crippen LogP contribution in [0, 0.1) is 12.7 Å². The van der Waals surface area contributed by atoms with Crippen molar-refractivity contribution in [2.45, 2.75) is 19.8 Å². The Labute approximate surface area is 126 Å². The summed E-state index contributed by atoms with van der Waals surface area (Å²) in [4.78, 5) is 19.8. The molecule has 21 heavy (non-hydrogen) atoms. The molecule has 1 aromatic carbocycles. The van der Waals surface area contributed by atoms with E-state index in [0.717, 1.165) is 36.5 Å². The Kier molecular flexibility index (Phi) is 3.88. The minimum Gasteiger partial charge on any atom is -0.323 e. The fourth-order valence-electron chi connectivity index (χ4n) is 2.38. The molecule has 110 valence electrons. The van der Waals surface area contributed by atoms with Crippen LogP contribution in [0.5, 0.6) is 0 Å². The minimum atomic E-state index is -0.280. The van der Waals surface area contributed by atoms with Crippen molar-refractivity contribution in [3.8, 4) is 5.69 Å². The number of thiazole rings is 1. The molecule has 0 aliphatic carbocycles. The van der Waals surface area contributed by atoms with Gasteiger partial charge in [-0.25, -0.2) is 9.18 Å². The summed E-state index contributed by atoms with van der Waals surface area (Å²) < 4.78 is 14.9. The highest BCUT2D eigenvalue weighted by atomic mass is 32.1. The molecule has 2 amide bonds. The van der Waals surface area contributed by atoms with Gasteiger partial charge in [0.05, 0.1) is 0 Å². The van der Waals surface area contributed by atoms with Crippen LogP contribution in [-0.4, -0.2) is 28.6 Å². The number of carbonyl (C=O) groups excluding carboxylic acids is 1. The number of carbonyl (C=O) groups is 1. The molecule has 1 aliphatic heterocycles. The molecular formula is C15H16FN3OS. The van der Waals surface area contributed by atoms with Crippen molar-refractivity contribution in [2.24, 2.45) is 4.99 Å². The fraction of sp³-hybridized carbons (Fsp3) is 0.333. The van der Waals surface area contributed by atoms with Gasteiger partial charge in [-0.05, 0) is 44.0 Å². The van der Waals surface area contributed by atoms with Gasteiger partial charge in [-0.3, -0.25) is 4.57 Å². The Morgan fingerprint density at radius 1 is 1.24 bits per heavy atom. The van der Waals surface area contributed by atoms with E-state index in [2.05, 4.69) is 4.99 Å². The van der Waals surface area contributed by atoms with Crippen molar-refractivity contribution in [2.75, 3.05) is 13.1 Å². The molecule has 0 radical (unpaired) electrons. The van der Waals surface area contributed by atoms with Gasteiger partial charge in [0.1, 0.15) is 5.82 Å². The smallest absolute Gasteiger partial charge is 0.323 e. The van der Waals surface area contributed by atoms with Crippen LogP contribution in [0.25, 0.3) is 5.69 Å². The first-order valence-electron chi connectivity index (χ1n) is 6.92. The van der Waals surface area contributed by atoms with E-state index in [1.165, 1.54) is 23.5 Å². The van der Waals surface area contributed by atoms with Crippen molar-refractivity contribution in [1.82, 2.24) is 9.47 Å². The van der Waals surface area contributed by atoms with E-state index in [1.807, 2.05) is 17.7 Å². The number of hydrogen-bond donors (Lipinski definition) is 0. The highest BCUT2D eigenvalue weighted by molar-refractivity contribution is 7.09. The second-order valence-electron chi connectivity index (χ2n) is 5.06. The maximum Gasteiger partial charge on any atom is 0.346 e. The zero-order valence-corrected chi connectivity index (χ0v) is 12.6. The molecule has 1 saturated heterocycles. The molecule has 0 unspecified atom stereocenters. The molecule has 0 atom stereocenters. The second kappa shape index (κ2) is 5.81. The predicted octanol–water partition coefficient (Wildman–Crippen LogP) is 3.10. The summed E-state index contributed by atoms with van der Waals surface area (Å²) in [7, 11) is 0. The predicted molar refractivity (Wildman–Crippen MR) is 80.1 cm³/mol. The summed E-state index contributed by atoms with van der Waals surface area (Å²) in [6.45, 7) is 3.52. The zero-order valence-electron chi connectivity index (χ0n) is 11.8. The van der Waals surface area contributed by atoms with E-state index in [9.17, 15) is 9.18 Å². The van der Waals surface area contributed by atoms with Crippen LogP contribution in [0.2, 0.25) is 0 Å². The Balaban J connectivity index is 1.99. The number of benzene rings is 1. The largest absolute Gasteiger partial charge is 0.346 e. The number of amides is 2. The fourth-order valence-corrected chi connectivity index (χ4v) is 3.21. The quantitative estimate of drug-likeness (QED) is 0.797. The SMILES string of the molecule is Cc1cn(-c2ccc(F)cc2)c(=NC(=O)N2CCCC2)s1. The monoisotopic (exact) mass is 305 g/mol. The minimum absolute atomic E-state index is 0.190. The summed E-state index contributed by atoms with van der Waals surface area (Å²) in [5.41, 5.74) is 0.800. The molecule has 2 aromatic rings. The van der Waals surface area contributed by atoms with Crippen molar-refractivity contribution in [1.29, 1.82) is 0 Å². The van der Waals surface area contributed by atoms with E-state index >= 15 is 0 Å². The molecule has 0 bridgehead atoms. The molecule has 4 nitrogen and oxygen atoms in total. The molecule has 0 spiro atoms. The lowest BCUT2D eigenvalue weighted by Gasteiger charge is -2.10. The number of halogens is 1. The van der Waals surface area contributed by atoms with E-state index in [1.54, 1.807) is 17.0 Å². The van der Waals surface area contributed by atoms with Crippen molar-refractivity contribution >= 4 is 17.4 Å². The third-order valence-electron chi connectivity index (χ3n) is 3.44. The lowest BCUT2D eigenvalue weighted by Crippen LogP contribution is -2.27. The number of nitrogens with zero attached hydrogens (tertiary/aromatic N) is 3. The third-order valence-corrected chi connectivity index (χ3v) is 4.34. The molecule has 1 fully saturated rings. The molecule has 2 heterocycles. The van der Waals surface area contributed by atoms with Crippen molar-refractivity contribution < 1.29 is 9.18 Å². The topological polar surface area (TPSA) is 37.6 Å². The summed E-state index contributed by atoms with van der Waals surface area (Å²) in [5.74, 6) is -0.280. The van der Waals surface area contributed by atoms with Crippen LogP contribution in [0.4, 0.5) is 9.18 Å². The average Bonchev–Trinajstić information content (AvgIpc) is 3.09. The zero-order chi connectivity index (χ0) is 14.8. The first-order chi connectivity index (χ1) is 10.1. The maximum atomic E-state index is 13.0. The van der Waals surface area contributed by atoms with E-state index in [0.29, 0.717) is 4.80 Å². The Morgan fingerprint density at radius 2 is 1.90 bits per heavy atom. The number of rotatable bonds is 1. The first-order valence-corrected chi connectivity index (χ1v) is 7.74. The van der Waals surface area contributed by atoms with Crippen LogP contribution >= 0.6 is 11.3 Å². The van der Waals surface area contributed by atoms with Crippen molar-refractivity contribution in [3.05, 3.63) is 46.0 Å². The normalized spacial score (nSPS) is 15.7. The van der Waals surface area contributed by atoms with Crippen LogP contribution in [0.15, 0.2) is 35.5 Å². The molecule has 3 rings (SSSR count). The number of urea groups is 1. The molecule has 6 heteroatoms. The van der Waals surface area contributed by atoms with Gasteiger partial charge >= 0.3 is 6.03 Å². The van der Waals surface area contributed by atoms with E-state index < -0.39 is 0 Å². The van der Waals surface area contributed by atoms with Gasteiger partial charge in [-0.2, -0.15) is 4.99 Å². The standard InChI is InChI=1S/C15H16FN3OS/c1-11-10-19(13-6-4-12(16)5-7-13)15(21-11)17-14(20)18-8-2-3-9-18/h4-7,10H,2-3,8-9H2,1H3. The highest BCUT2D eigenvalue weighted by Crippen LogP contribution is 2.12. The van der Waals surface area contributed by atoms with Gasteiger partial charge in [0.2, 0.25) is 0 Å². The Hall–Kier alpha value is -1.95. The summed E-state index contributed by atoms with van der Waals surface area (Å²) >= 11 is 1.46. The second-order valence-corrected chi connectivity index (χ2v) is 6.27. The van der Waals surface area contributed by atoms with Crippen LogP contribution in [0.1, 0.15) is 17.7 Å². The number of aromatic nitrogens is 1. The van der Waals surface area contributed by atoms with Crippen LogP contribution < -0.4 is 4.80 Å². The van der Waals surface area contributed by atoms with Gasteiger partial charge in [0.15, 0.2) is 4.80 Å². The molecule has 0 saturated carbocycles. The van der Waals surface area contributed by atoms with Gasteiger partial charge in [0.25, 0.3) is 0 Å². The maximum absolute atomic E-state index is 13.0. The lowest BCUT2D eigenvalue weighted by molar-refractivity contribution is 0.218. The van der Waals surface area contributed by atoms with Gasteiger partial charge in [-0.15, -0.1) is 11.3 Å². The van der Waals surface area contributed by atoms with E-state index in [-0.39, 0.29) is 11.8 Å². The summed E-state index contributed by atoms with van der Waals surface area (Å²) in [6.07, 6.45) is 4.00. The molecule has 1 aliphatic rings. The van der Waals surface area contributed by atoms with Gasteiger partial charge in [-0.1, -0.05) is 0 Å². The average molecular weight is 305 g/mol. The molecule has 0 N–H and O–H groups in total. The van der Waals surface area contributed by atoms with Crippen LogP contribution in [-0.2, 0) is 0 Å². The van der Waals surface area contributed by atoms with Gasteiger partial charge < -0.3 is 4.90 Å².